The van der Waals surface area contributed by atoms with E-state index in [0.29, 0.717) is 13.2 Å². The van der Waals surface area contributed by atoms with Crippen LogP contribution in [0.2, 0.25) is 0 Å². The number of hydrogen-bond donors (Lipinski definition) is 1. The van der Waals surface area contributed by atoms with Gasteiger partial charge in [0.15, 0.2) is 0 Å². The summed E-state index contributed by atoms with van der Waals surface area (Å²) in [6.07, 6.45) is 0. The SMILES string of the molecule is CCOCC(=O)NCCN(CC)CCOC. The Morgan fingerprint density at radius 3 is 2.62 bits per heavy atom. The number of nitrogens with zero attached hydrogens (tertiary/aromatic N) is 1. The average molecular weight is 232 g/mol. The van der Waals surface area contributed by atoms with Gasteiger partial charge in [-0.3, -0.25) is 9.69 Å². The molecule has 5 nitrogen and oxygen atoms in total. The summed E-state index contributed by atoms with van der Waals surface area (Å²) in [7, 11) is 1.69. The summed E-state index contributed by atoms with van der Waals surface area (Å²) in [6, 6.07) is 0. The quantitative estimate of drug-likeness (QED) is 0.581. The monoisotopic (exact) mass is 232 g/mol. The second-order valence-electron chi connectivity index (χ2n) is 3.41. The molecule has 0 aliphatic heterocycles. The van der Waals surface area contributed by atoms with Crippen LogP contribution in [0.15, 0.2) is 0 Å². The molecule has 0 radical (unpaired) electrons. The molecule has 0 bridgehead atoms. The molecule has 1 amide bonds. The number of ether oxygens (including phenoxy) is 2. The fourth-order valence-corrected chi connectivity index (χ4v) is 1.25. The number of nitrogens with one attached hydrogen (secondary N) is 1. The fraction of sp³-hybridized carbons (Fsp3) is 0.909. The summed E-state index contributed by atoms with van der Waals surface area (Å²) in [5.41, 5.74) is 0. The summed E-state index contributed by atoms with van der Waals surface area (Å²) >= 11 is 0. The zero-order valence-corrected chi connectivity index (χ0v) is 10.6. The van der Waals surface area contributed by atoms with Crippen LogP contribution in [0.1, 0.15) is 13.8 Å². The van der Waals surface area contributed by atoms with Crippen LogP contribution < -0.4 is 5.32 Å². The van der Waals surface area contributed by atoms with Gasteiger partial charge in [-0.15, -0.1) is 0 Å². The van der Waals surface area contributed by atoms with E-state index in [2.05, 4.69) is 17.1 Å². The van der Waals surface area contributed by atoms with Gasteiger partial charge in [0, 0.05) is 33.4 Å². The topological polar surface area (TPSA) is 50.8 Å². The molecule has 16 heavy (non-hydrogen) atoms. The number of rotatable bonds is 10. The fourth-order valence-electron chi connectivity index (χ4n) is 1.25. The van der Waals surface area contributed by atoms with Crippen LogP contribution in [0.5, 0.6) is 0 Å². The van der Waals surface area contributed by atoms with Crippen LogP contribution >= 0.6 is 0 Å². The summed E-state index contributed by atoms with van der Waals surface area (Å²) in [5, 5.41) is 2.81. The maximum atomic E-state index is 11.2. The molecule has 0 heterocycles. The number of methoxy groups -OCH3 is 1. The molecule has 0 aromatic heterocycles. The molecule has 0 aromatic carbocycles. The van der Waals surface area contributed by atoms with Crippen LogP contribution in [0.25, 0.3) is 0 Å². The van der Waals surface area contributed by atoms with Crippen molar-refractivity contribution >= 4 is 5.91 Å². The van der Waals surface area contributed by atoms with Gasteiger partial charge in [0.1, 0.15) is 6.61 Å². The summed E-state index contributed by atoms with van der Waals surface area (Å²) in [4.78, 5) is 13.4. The van der Waals surface area contributed by atoms with Crippen molar-refractivity contribution in [2.75, 3.05) is 53.1 Å². The molecule has 0 fully saturated rings. The Bertz CT molecular complexity index is 177. The summed E-state index contributed by atoms with van der Waals surface area (Å²) in [5.74, 6) is -0.0513. The maximum Gasteiger partial charge on any atom is 0.246 e. The van der Waals surface area contributed by atoms with E-state index in [0.717, 1.165) is 26.2 Å². The van der Waals surface area contributed by atoms with Crippen LogP contribution in [0.4, 0.5) is 0 Å². The third-order valence-electron chi connectivity index (χ3n) is 2.25. The zero-order chi connectivity index (χ0) is 12.2. The zero-order valence-electron chi connectivity index (χ0n) is 10.6. The Labute approximate surface area is 98.1 Å². The number of carbonyl (C=O) groups excluding carboxylic acids is 1. The van der Waals surface area contributed by atoms with Gasteiger partial charge in [-0.2, -0.15) is 0 Å². The first-order chi connectivity index (χ1) is 7.74. The Kier molecular flexibility index (Phi) is 10.4. The number of carbonyl (C=O) groups is 1. The first kappa shape index (κ1) is 15.3. The predicted octanol–water partition coefficient (Wildman–Crippen LogP) is 0.107. The molecule has 0 unspecified atom stereocenters. The smallest absolute Gasteiger partial charge is 0.246 e. The van der Waals surface area contributed by atoms with E-state index in [1.807, 2.05) is 6.92 Å². The molecule has 0 spiro atoms. The van der Waals surface area contributed by atoms with Crippen molar-refractivity contribution in [2.24, 2.45) is 0 Å². The Morgan fingerprint density at radius 1 is 1.31 bits per heavy atom. The van der Waals surface area contributed by atoms with Gasteiger partial charge in [-0.25, -0.2) is 0 Å². The van der Waals surface area contributed by atoms with Gasteiger partial charge in [-0.1, -0.05) is 6.92 Å². The standard InChI is InChI=1S/C11H24N2O3/c1-4-13(8-9-15-3)7-6-12-11(14)10-16-5-2/h4-10H2,1-3H3,(H,12,14). The van der Waals surface area contributed by atoms with Crippen molar-refractivity contribution < 1.29 is 14.3 Å². The molecule has 0 rings (SSSR count). The lowest BCUT2D eigenvalue weighted by molar-refractivity contribution is -0.125. The van der Waals surface area contributed by atoms with E-state index in [9.17, 15) is 4.79 Å². The minimum atomic E-state index is -0.0513. The highest BCUT2D eigenvalue weighted by Crippen LogP contribution is 1.86. The minimum absolute atomic E-state index is 0.0513. The molecule has 96 valence electrons. The van der Waals surface area contributed by atoms with E-state index in [1.54, 1.807) is 7.11 Å². The molecular weight excluding hydrogens is 208 g/mol. The second-order valence-corrected chi connectivity index (χ2v) is 3.41. The molecule has 0 aromatic rings. The Morgan fingerprint density at radius 2 is 2.06 bits per heavy atom. The number of amides is 1. The van der Waals surface area contributed by atoms with Gasteiger partial charge >= 0.3 is 0 Å². The average Bonchev–Trinajstić information content (AvgIpc) is 2.30. The van der Waals surface area contributed by atoms with Crippen molar-refractivity contribution in [1.82, 2.24) is 10.2 Å². The molecule has 0 atom stereocenters. The normalized spacial score (nSPS) is 10.8. The van der Waals surface area contributed by atoms with Crippen molar-refractivity contribution in [1.29, 1.82) is 0 Å². The molecule has 0 aliphatic carbocycles. The largest absolute Gasteiger partial charge is 0.383 e. The second kappa shape index (κ2) is 10.9. The number of hydrogen-bond acceptors (Lipinski definition) is 4. The Balaban J connectivity index is 3.49. The third kappa shape index (κ3) is 8.64. The van der Waals surface area contributed by atoms with Crippen LogP contribution in [0, 0.1) is 0 Å². The van der Waals surface area contributed by atoms with Crippen molar-refractivity contribution in [3.8, 4) is 0 Å². The van der Waals surface area contributed by atoms with Crippen molar-refractivity contribution in [3.63, 3.8) is 0 Å². The molecule has 1 N–H and O–H groups in total. The van der Waals surface area contributed by atoms with Crippen molar-refractivity contribution in [3.05, 3.63) is 0 Å². The van der Waals surface area contributed by atoms with Gasteiger partial charge in [0.05, 0.1) is 6.61 Å². The molecular formula is C11H24N2O3. The first-order valence-electron chi connectivity index (χ1n) is 5.80. The van der Waals surface area contributed by atoms with E-state index in [1.165, 1.54) is 0 Å². The highest BCUT2D eigenvalue weighted by atomic mass is 16.5. The van der Waals surface area contributed by atoms with Crippen molar-refractivity contribution in [2.45, 2.75) is 13.8 Å². The van der Waals surface area contributed by atoms with E-state index >= 15 is 0 Å². The Hall–Kier alpha value is -0.650. The van der Waals surface area contributed by atoms with Crippen LogP contribution in [-0.4, -0.2) is 63.9 Å². The van der Waals surface area contributed by atoms with Gasteiger partial charge in [0.25, 0.3) is 0 Å². The van der Waals surface area contributed by atoms with E-state index in [4.69, 9.17) is 9.47 Å². The highest BCUT2D eigenvalue weighted by Gasteiger charge is 2.03. The first-order valence-corrected chi connectivity index (χ1v) is 5.80. The number of likely N-dealkylation sites (N-methyl/N-ethyl adjacent to an activating group) is 1. The van der Waals surface area contributed by atoms with Gasteiger partial charge in [0.2, 0.25) is 5.91 Å². The summed E-state index contributed by atoms with van der Waals surface area (Å²) < 4.78 is 10.0. The molecule has 0 saturated carbocycles. The van der Waals surface area contributed by atoms with Crippen LogP contribution in [-0.2, 0) is 14.3 Å². The minimum Gasteiger partial charge on any atom is -0.383 e. The highest BCUT2D eigenvalue weighted by molar-refractivity contribution is 5.77. The van der Waals surface area contributed by atoms with E-state index in [-0.39, 0.29) is 12.5 Å². The molecule has 5 heteroatoms. The van der Waals surface area contributed by atoms with Gasteiger partial charge < -0.3 is 14.8 Å². The molecule has 0 aliphatic rings. The summed E-state index contributed by atoms with van der Waals surface area (Å²) in [6.45, 7) is 8.78. The third-order valence-corrected chi connectivity index (χ3v) is 2.25. The van der Waals surface area contributed by atoms with E-state index < -0.39 is 0 Å². The maximum absolute atomic E-state index is 11.2. The lowest BCUT2D eigenvalue weighted by atomic mass is 10.4. The lowest BCUT2D eigenvalue weighted by Crippen LogP contribution is -2.37. The lowest BCUT2D eigenvalue weighted by Gasteiger charge is -2.19. The molecule has 0 saturated heterocycles. The predicted molar refractivity (Wildman–Crippen MR) is 63.5 cm³/mol. The van der Waals surface area contributed by atoms with Crippen LogP contribution in [0.3, 0.4) is 0 Å². The van der Waals surface area contributed by atoms with Gasteiger partial charge in [-0.05, 0) is 13.5 Å².